The van der Waals surface area contributed by atoms with Gasteiger partial charge in [-0.2, -0.15) is 11.8 Å². The zero-order valence-electron chi connectivity index (χ0n) is 8.10. The van der Waals surface area contributed by atoms with Crippen LogP contribution >= 0.6 is 11.8 Å². The van der Waals surface area contributed by atoms with Crippen LogP contribution in [-0.2, 0) is 5.60 Å². The summed E-state index contributed by atoms with van der Waals surface area (Å²) in [5, 5.41) is 10.5. The highest BCUT2D eigenvalue weighted by Gasteiger charge is 2.41. The monoisotopic (exact) mass is 210 g/mol. The van der Waals surface area contributed by atoms with Crippen molar-refractivity contribution in [3.05, 3.63) is 24.0 Å². The molecule has 1 aromatic heterocycles. The van der Waals surface area contributed by atoms with E-state index in [0.29, 0.717) is 11.4 Å². The fourth-order valence-electron chi connectivity index (χ4n) is 1.78. The predicted molar refractivity (Wildman–Crippen MR) is 59.0 cm³/mol. The number of hydrogen-bond acceptors (Lipinski definition) is 4. The van der Waals surface area contributed by atoms with Crippen LogP contribution in [0.2, 0.25) is 0 Å². The first-order chi connectivity index (χ1) is 6.64. The topological polar surface area (TPSA) is 59.1 Å². The minimum Gasteiger partial charge on any atom is -0.398 e. The van der Waals surface area contributed by atoms with Crippen LogP contribution < -0.4 is 5.73 Å². The number of thioether (sulfide) groups is 1. The molecular formula is C10H14N2OS. The third-order valence-corrected chi connectivity index (χ3v) is 4.21. The van der Waals surface area contributed by atoms with Crippen molar-refractivity contribution in [1.29, 1.82) is 0 Å². The van der Waals surface area contributed by atoms with Gasteiger partial charge < -0.3 is 10.8 Å². The van der Waals surface area contributed by atoms with E-state index >= 15 is 0 Å². The molecule has 4 heteroatoms. The van der Waals surface area contributed by atoms with Crippen LogP contribution in [0.3, 0.4) is 0 Å². The van der Waals surface area contributed by atoms with E-state index in [1.165, 1.54) is 0 Å². The summed E-state index contributed by atoms with van der Waals surface area (Å²) in [6.45, 7) is 2.05. The molecular weight excluding hydrogens is 196 g/mol. The third-order valence-electron chi connectivity index (χ3n) is 2.83. The van der Waals surface area contributed by atoms with Crippen LogP contribution in [0, 0.1) is 5.92 Å². The summed E-state index contributed by atoms with van der Waals surface area (Å²) in [4.78, 5) is 4.02. The Kier molecular flexibility index (Phi) is 2.41. The molecule has 3 N–H and O–H groups in total. The molecule has 1 aliphatic heterocycles. The van der Waals surface area contributed by atoms with Crippen LogP contribution in [0.1, 0.15) is 12.5 Å². The number of aliphatic hydroxyl groups is 1. The van der Waals surface area contributed by atoms with Gasteiger partial charge in [-0.15, -0.1) is 0 Å². The maximum atomic E-state index is 10.5. The van der Waals surface area contributed by atoms with Gasteiger partial charge in [0.15, 0.2) is 0 Å². The lowest BCUT2D eigenvalue weighted by atomic mass is 9.85. The van der Waals surface area contributed by atoms with Crippen LogP contribution in [0.25, 0.3) is 0 Å². The molecule has 1 fully saturated rings. The Hall–Kier alpha value is -0.740. The van der Waals surface area contributed by atoms with E-state index in [0.717, 1.165) is 11.3 Å². The third kappa shape index (κ3) is 1.38. The van der Waals surface area contributed by atoms with E-state index in [-0.39, 0.29) is 5.92 Å². The van der Waals surface area contributed by atoms with Gasteiger partial charge in [0.05, 0.1) is 0 Å². The summed E-state index contributed by atoms with van der Waals surface area (Å²) in [5.74, 6) is 1.92. The number of anilines is 1. The molecule has 1 saturated heterocycles. The van der Waals surface area contributed by atoms with Crippen molar-refractivity contribution in [1.82, 2.24) is 4.98 Å². The number of hydrogen-bond donors (Lipinski definition) is 2. The second-order valence-electron chi connectivity index (χ2n) is 3.80. The molecule has 3 nitrogen and oxygen atoms in total. The zero-order valence-corrected chi connectivity index (χ0v) is 8.92. The van der Waals surface area contributed by atoms with E-state index in [4.69, 9.17) is 5.73 Å². The smallest absolute Gasteiger partial charge is 0.105 e. The lowest BCUT2D eigenvalue weighted by molar-refractivity contribution is 0.0239. The molecule has 0 aliphatic carbocycles. The average Bonchev–Trinajstić information content (AvgIpc) is 2.49. The summed E-state index contributed by atoms with van der Waals surface area (Å²) in [6, 6.07) is 1.74. The average molecular weight is 210 g/mol. The Morgan fingerprint density at radius 1 is 1.71 bits per heavy atom. The van der Waals surface area contributed by atoms with E-state index < -0.39 is 5.60 Å². The Labute approximate surface area is 87.7 Å². The number of aromatic nitrogens is 1. The Balaban J connectivity index is 2.43. The van der Waals surface area contributed by atoms with Gasteiger partial charge in [0.1, 0.15) is 5.60 Å². The molecule has 2 rings (SSSR count). The minimum atomic E-state index is -0.789. The Morgan fingerprint density at radius 2 is 2.50 bits per heavy atom. The molecule has 0 amide bonds. The lowest BCUT2D eigenvalue weighted by Crippen LogP contribution is -2.33. The lowest BCUT2D eigenvalue weighted by Gasteiger charge is -2.27. The summed E-state index contributed by atoms with van der Waals surface area (Å²) >= 11 is 1.76. The summed E-state index contributed by atoms with van der Waals surface area (Å²) in [5.41, 5.74) is 6.46. The first-order valence-electron chi connectivity index (χ1n) is 4.64. The summed E-state index contributed by atoms with van der Waals surface area (Å²) in [6.07, 6.45) is 3.33. The highest BCUT2D eigenvalue weighted by molar-refractivity contribution is 7.99. The molecule has 0 radical (unpaired) electrons. The van der Waals surface area contributed by atoms with Crippen molar-refractivity contribution < 1.29 is 5.11 Å². The van der Waals surface area contributed by atoms with Crippen LogP contribution in [0.5, 0.6) is 0 Å². The molecule has 2 heterocycles. The van der Waals surface area contributed by atoms with Crippen molar-refractivity contribution in [2.45, 2.75) is 12.5 Å². The van der Waals surface area contributed by atoms with Gasteiger partial charge in [-0.3, -0.25) is 4.98 Å². The second-order valence-corrected chi connectivity index (χ2v) is 4.83. The molecule has 0 spiro atoms. The van der Waals surface area contributed by atoms with E-state index in [1.54, 1.807) is 30.2 Å². The number of pyridine rings is 1. The highest BCUT2D eigenvalue weighted by Crippen LogP contribution is 2.42. The molecule has 2 unspecified atom stereocenters. The standard InChI is InChI=1S/C10H14N2OS/c1-7-5-14-6-10(7,13)8-4-12-3-2-9(8)11/h2-4,7,13H,5-6H2,1H3,(H2,11,12). The largest absolute Gasteiger partial charge is 0.398 e. The zero-order chi connectivity index (χ0) is 10.2. The first kappa shape index (κ1) is 9.80. The van der Waals surface area contributed by atoms with Gasteiger partial charge in [-0.25, -0.2) is 0 Å². The van der Waals surface area contributed by atoms with E-state index in [1.807, 2.05) is 6.92 Å². The van der Waals surface area contributed by atoms with Crippen molar-refractivity contribution in [3.63, 3.8) is 0 Å². The van der Waals surface area contributed by atoms with Gasteiger partial charge in [0.2, 0.25) is 0 Å². The van der Waals surface area contributed by atoms with Gasteiger partial charge in [-0.1, -0.05) is 6.92 Å². The molecule has 2 atom stereocenters. The predicted octanol–water partition coefficient (Wildman–Crippen LogP) is 1.23. The molecule has 0 aromatic carbocycles. The maximum absolute atomic E-state index is 10.5. The van der Waals surface area contributed by atoms with Crippen molar-refractivity contribution >= 4 is 17.4 Å². The highest BCUT2D eigenvalue weighted by atomic mass is 32.2. The quantitative estimate of drug-likeness (QED) is 0.732. The molecule has 0 bridgehead atoms. The number of nitrogens with zero attached hydrogens (tertiary/aromatic N) is 1. The maximum Gasteiger partial charge on any atom is 0.105 e. The number of rotatable bonds is 1. The van der Waals surface area contributed by atoms with Gasteiger partial charge >= 0.3 is 0 Å². The van der Waals surface area contributed by atoms with E-state index in [9.17, 15) is 5.11 Å². The van der Waals surface area contributed by atoms with E-state index in [2.05, 4.69) is 4.98 Å². The van der Waals surface area contributed by atoms with Crippen LogP contribution in [0.15, 0.2) is 18.5 Å². The van der Waals surface area contributed by atoms with Crippen LogP contribution in [0.4, 0.5) is 5.69 Å². The van der Waals surface area contributed by atoms with Gasteiger partial charge in [0.25, 0.3) is 0 Å². The van der Waals surface area contributed by atoms with Crippen molar-refractivity contribution in [3.8, 4) is 0 Å². The fraction of sp³-hybridized carbons (Fsp3) is 0.500. The summed E-state index contributed by atoms with van der Waals surface area (Å²) in [7, 11) is 0. The van der Waals surface area contributed by atoms with Crippen molar-refractivity contribution in [2.24, 2.45) is 5.92 Å². The van der Waals surface area contributed by atoms with Gasteiger partial charge in [-0.05, 0) is 17.7 Å². The molecule has 1 aliphatic rings. The summed E-state index contributed by atoms with van der Waals surface area (Å²) < 4.78 is 0. The molecule has 14 heavy (non-hydrogen) atoms. The Bertz CT molecular complexity index is 345. The SMILES string of the molecule is CC1CSCC1(O)c1cnccc1N. The van der Waals surface area contributed by atoms with Gasteiger partial charge in [0, 0.05) is 29.4 Å². The normalized spacial score (nSPS) is 32.0. The van der Waals surface area contributed by atoms with Crippen molar-refractivity contribution in [2.75, 3.05) is 17.2 Å². The molecule has 0 saturated carbocycles. The second kappa shape index (κ2) is 3.44. The first-order valence-corrected chi connectivity index (χ1v) is 5.80. The number of nitrogen functional groups attached to an aromatic ring is 1. The van der Waals surface area contributed by atoms with Crippen LogP contribution in [-0.4, -0.2) is 21.6 Å². The fourth-order valence-corrected chi connectivity index (χ4v) is 3.28. The number of nitrogens with two attached hydrogens (primary N) is 1. The Morgan fingerprint density at radius 3 is 3.07 bits per heavy atom. The minimum absolute atomic E-state index is 0.235. The molecule has 76 valence electrons. The molecule has 1 aromatic rings.